The number of benzene rings is 2. The van der Waals surface area contributed by atoms with Crippen molar-refractivity contribution in [2.45, 2.75) is 62.3 Å². The van der Waals surface area contributed by atoms with E-state index in [2.05, 4.69) is 4.90 Å². The molecule has 36 heavy (non-hydrogen) atoms. The van der Waals surface area contributed by atoms with Gasteiger partial charge in [-0.3, -0.25) is 0 Å². The number of β-amino-alcohol motifs (C(OH)–C–C–N with tert-alkyl or cyclic N) is 1. The topological polar surface area (TPSA) is 123 Å². The lowest BCUT2D eigenvalue weighted by Crippen LogP contribution is -2.55. The van der Waals surface area contributed by atoms with E-state index in [1.807, 2.05) is 24.3 Å². The van der Waals surface area contributed by atoms with Crippen LogP contribution in [0.3, 0.4) is 0 Å². The zero-order chi connectivity index (χ0) is 25.7. The van der Waals surface area contributed by atoms with Gasteiger partial charge in [-0.1, -0.05) is 42.3 Å². The van der Waals surface area contributed by atoms with Crippen LogP contribution in [0.1, 0.15) is 42.1 Å². The predicted molar refractivity (Wildman–Crippen MR) is 135 cm³/mol. The SMILES string of the molecule is OC[C@H]1O[C@@H](c2ccc(Cl)c(Cc3ccc(OC[C@@H](O)CN4CCCCC4)cc3)c2)[C@H](O)[C@@H](O)[C@@H]1O. The summed E-state index contributed by atoms with van der Waals surface area (Å²) >= 11 is 6.44. The van der Waals surface area contributed by atoms with Crippen LogP contribution in [0.15, 0.2) is 42.5 Å². The van der Waals surface area contributed by atoms with Gasteiger partial charge in [-0.05, 0) is 67.2 Å². The second kappa shape index (κ2) is 12.7. The molecule has 0 aromatic heterocycles. The third-order valence-electron chi connectivity index (χ3n) is 6.97. The van der Waals surface area contributed by atoms with Crippen LogP contribution in [0.5, 0.6) is 5.75 Å². The van der Waals surface area contributed by atoms with Gasteiger partial charge in [0.2, 0.25) is 0 Å². The maximum absolute atomic E-state index is 10.5. The molecule has 2 fully saturated rings. The van der Waals surface area contributed by atoms with E-state index in [1.165, 1.54) is 19.3 Å². The predicted octanol–water partition coefficient (Wildman–Crippen LogP) is 1.67. The first-order valence-corrected chi connectivity index (χ1v) is 12.9. The minimum atomic E-state index is -1.44. The number of aliphatic hydroxyl groups excluding tert-OH is 5. The Bertz CT molecular complexity index is 967. The largest absolute Gasteiger partial charge is 0.491 e. The first-order valence-electron chi connectivity index (χ1n) is 12.6. The van der Waals surface area contributed by atoms with E-state index in [0.29, 0.717) is 29.3 Å². The number of nitrogens with zero attached hydrogens (tertiary/aromatic N) is 1. The minimum absolute atomic E-state index is 0.239. The van der Waals surface area contributed by atoms with E-state index in [1.54, 1.807) is 18.2 Å². The monoisotopic (exact) mass is 521 g/mol. The Hall–Kier alpha value is -1.75. The number of hydrogen-bond donors (Lipinski definition) is 5. The van der Waals surface area contributed by atoms with Crippen molar-refractivity contribution >= 4 is 11.6 Å². The van der Waals surface area contributed by atoms with Gasteiger partial charge >= 0.3 is 0 Å². The van der Waals surface area contributed by atoms with Crippen molar-refractivity contribution in [2.75, 3.05) is 32.8 Å². The molecule has 0 bridgehead atoms. The Morgan fingerprint density at radius 3 is 2.39 bits per heavy atom. The van der Waals surface area contributed by atoms with Crippen LogP contribution in [0.4, 0.5) is 0 Å². The van der Waals surface area contributed by atoms with Gasteiger partial charge in [-0.2, -0.15) is 0 Å². The Kier molecular flexibility index (Phi) is 9.60. The molecule has 0 radical (unpaired) electrons. The highest BCUT2D eigenvalue weighted by Gasteiger charge is 2.44. The van der Waals surface area contributed by atoms with E-state index < -0.39 is 43.2 Å². The highest BCUT2D eigenvalue weighted by atomic mass is 35.5. The fraction of sp³-hybridized carbons (Fsp3) is 0.556. The zero-order valence-corrected chi connectivity index (χ0v) is 21.0. The van der Waals surface area contributed by atoms with Crippen LogP contribution in [-0.4, -0.2) is 93.8 Å². The molecule has 0 aliphatic carbocycles. The van der Waals surface area contributed by atoms with Crippen molar-refractivity contribution in [3.63, 3.8) is 0 Å². The van der Waals surface area contributed by atoms with Crippen molar-refractivity contribution in [1.29, 1.82) is 0 Å². The number of aliphatic hydroxyl groups is 5. The molecular weight excluding hydrogens is 486 g/mol. The summed E-state index contributed by atoms with van der Waals surface area (Å²) in [6.45, 7) is 2.45. The van der Waals surface area contributed by atoms with E-state index in [-0.39, 0.29) is 6.61 Å². The summed E-state index contributed by atoms with van der Waals surface area (Å²) in [4.78, 5) is 2.28. The fourth-order valence-corrected chi connectivity index (χ4v) is 5.08. The lowest BCUT2D eigenvalue weighted by atomic mass is 9.90. The van der Waals surface area contributed by atoms with E-state index in [0.717, 1.165) is 24.2 Å². The average molecular weight is 522 g/mol. The summed E-state index contributed by atoms with van der Waals surface area (Å²) in [5, 5.41) is 50.9. The minimum Gasteiger partial charge on any atom is -0.491 e. The quantitative estimate of drug-likeness (QED) is 0.338. The fourth-order valence-electron chi connectivity index (χ4n) is 4.89. The summed E-state index contributed by atoms with van der Waals surface area (Å²) in [6, 6.07) is 12.8. The van der Waals surface area contributed by atoms with Crippen molar-refractivity contribution in [3.05, 3.63) is 64.2 Å². The van der Waals surface area contributed by atoms with Gasteiger partial charge < -0.3 is 39.9 Å². The molecule has 5 N–H and O–H groups in total. The first kappa shape index (κ1) is 27.3. The molecule has 6 atom stereocenters. The number of ether oxygens (including phenoxy) is 2. The summed E-state index contributed by atoms with van der Waals surface area (Å²) in [5.74, 6) is 0.678. The van der Waals surface area contributed by atoms with Crippen LogP contribution in [-0.2, 0) is 11.2 Å². The van der Waals surface area contributed by atoms with Crippen LogP contribution in [0.25, 0.3) is 0 Å². The van der Waals surface area contributed by atoms with Gasteiger partial charge in [-0.15, -0.1) is 0 Å². The molecule has 198 valence electrons. The Morgan fingerprint density at radius 1 is 0.972 bits per heavy atom. The molecule has 4 rings (SSSR count). The number of halogens is 1. The van der Waals surface area contributed by atoms with E-state index in [4.69, 9.17) is 21.1 Å². The lowest BCUT2D eigenvalue weighted by Gasteiger charge is -2.40. The Labute approximate surface area is 216 Å². The van der Waals surface area contributed by atoms with Gasteiger partial charge in [0.1, 0.15) is 49.0 Å². The second-order valence-electron chi connectivity index (χ2n) is 9.75. The molecule has 0 saturated carbocycles. The molecule has 0 spiro atoms. The zero-order valence-electron chi connectivity index (χ0n) is 20.2. The molecule has 2 aromatic carbocycles. The standard InChI is InChI=1S/C27H36ClNO7/c28-22-9-6-18(27-26(34)25(33)24(32)23(15-30)36-27)13-19(22)12-17-4-7-21(8-5-17)35-16-20(31)14-29-10-2-1-3-11-29/h4-9,13,20,23-27,30-34H,1-3,10-12,14-16H2/t20-,23+,24+,25-,26+,27-/m0/s1. The Morgan fingerprint density at radius 2 is 1.69 bits per heavy atom. The third-order valence-corrected chi connectivity index (χ3v) is 7.34. The van der Waals surface area contributed by atoms with Gasteiger partial charge in [0.05, 0.1) is 6.61 Å². The number of rotatable bonds is 9. The third kappa shape index (κ3) is 6.76. The maximum atomic E-state index is 10.5. The molecular formula is C27H36ClNO7. The van der Waals surface area contributed by atoms with Gasteiger partial charge in [0.25, 0.3) is 0 Å². The molecule has 2 aromatic rings. The number of piperidine rings is 1. The number of likely N-dealkylation sites (tertiary alicyclic amines) is 1. The van der Waals surface area contributed by atoms with Crippen LogP contribution in [0.2, 0.25) is 5.02 Å². The molecule has 2 saturated heterocycles. The van der Waals surface area contributed by atoms with E-state index >= 15 is 0 Å². The molecule has 2 heterocycles. The maximum Gasteiger partial charge on any atom is 0.119 e. The molecule has 2 aliphatic rings. The number of hydrogen-bond acceptors (Lipinski definition) is 8. The smallest absolute Gasteiger partial charge is 0.119 e. The first-order chi connectivity index (χ1) is 17.4. The highest BCUT2D eigenvalue weighted by Crippen LogP contribution is 2.34. The molecule has 9 heteroatoms. The van der Waals surface area contributed by atoms with Crippen molar-refractivity contribution in [1.82, 2.24) is 4.90 Å². The molecule has 8 nitrogen and oxygen atoms in total. The molecule has 0 amide bonds. The highest BCUT2D eigenvalue weighted by molar-refractivity contribution is 6.31. The van der Waals surface area contributed by atoms with Crippen LogP contribution < -0.4 is 4.74 Å². The summed E-state index contributed by atoms with van der Waals surface area (Å²) in [7, 11) is 0. The second-order valence-corrected chi connectivity index (χ2v) is 10.2. The molecule has 2 aliphatic heterocycles. The van der Waals surface area contributed by atoms with Crippen LogP contribution >= 0.6 is 11.6 Å². The van der Waals surface area contributed by atoms with Crippen molar-refractivity contribution in [2.24, 2.45) is 0 Å². The van der Waals surface area contributed by atoms with E-state index in [9.17, 15) is 25.5 Å². The summed E-state index contributed by atoms with van der Waals surface area (Å²) < 4.78 is 11.5. The van der Waals surface area contributed by atoms with Crippen LogP contribution in [0, 0.1) is 0 Å². The van der Waals surface area contributed by atoms with Gasteiger partial charge in [0.15, 0.2) is 0 Å². The average Bonchev–Trinajstić information content (AvgIpc) is 2.89. The lowest BCUT2D eigenvalue weighted by molar-refractivity contribution is -0.231. The summed E-state index contributed by atoms with van der Waals surface area (Å²) in [5.41, 5.74) is 2.38. The normalized spacial score (nSPS) is 28.1. The van der Waals surface area contributed by atoms with Crippen molar-refractivity contribution < 1.29 is 35.0 Å². The molecule has 0 unspecified atom stereocenters. The van der Waals surface area contributed by atoms with Gasteiger partial charge in [-0.25, -0.2) is 0 Å². The summed E-state index contributed by atoms with van der Waals surface area (Å²) in [6.07, 6.45) is -2.46. The Balaban J connectivity index is 1.36. The van der Waals surface area contributed by atoms with Crippen molar-refractivity contribution in [3.8, 4) is 5.75 Å². The van der Waals surface area contributed by atoms with Gasteiger partial charge in [0, 0.05) is 11.6 Å².